The predicted molar refractivity (Wildman–Crippen MR) is 198 cm³/mol. The number of nitrogens with zero attached hydrogens (tertiary/aromatic N) is 5. The van der Waals surface area contributed by atoms with Crippen LogP contribution >= 0.6 is 0 Å². The first-order valence-corrected chi connectivity index (χ1v) is 16.4. The van der Waals surface area contributed by atoms with E-state index in [4.69, 9.17) is 9.72 Å². The number of benzene rings is 5. The molecule has 0 radical (unpaired) electrons. The van der Waals surface area contributed by atoms with E-state index in [1.54, 1.807) is 0 Å². The second-order valence-electron chi connectivity index (χ2n) is 13.3. The Balaban J connectivity index is 0.00000361. The molecule has 0 N–H and O–H groups in total. The Labute approximate surface area is 305 Å². The van der Waals surface area contributed by atoms with E-state index in [0.29, 0.717) is 11.5 Å². The molecule has 50 heavy (non-hydrogen) atoms. The number of para-hydroxylation sites is 1. The molecule has 6 nitrogen and oxygen atoms in total. The van der Waals surface area contributed by atoms with Crippen molar-refractivity contribution in [3.8, 4) is 17.3 Å². The first kappa shape index (κ1) is 31.8. The van der Waals surface area contributed by atoms with Crippen LogP contribution in [0.5, 0.6) is 11.5 Å². The van der Waals surface area contributed by atoms with Gasteiger partial charge in [0.25, 0.3) is 0 Å². The number of pyridine rings is 2. The number of aromatic nitrogens is 3. The summed E-state index contributed by atoms with van der Waals surface area (Å²) in [6, 6.07) is 46.7. The van der Waals surface area contributed by atoms with E-state index in [2.05, 4.69) is 144 Å². The summed E-state index contributed by atoms with van der Waals surface area (Å²) >= 11 is 0. The minimum atomic E-state index is -0.00893. The predicted octanol–water partition coefficient (Wildman–Crippen LogP) is 10.8. The van der Waals surface area contributed by atoms with Crippen molar-refractivity contribution < 1.29 is 25.8 Å². The Kier molecular flexibility index (Phi) is 7.92. The van der Waals surface area contributed by atoms with Gasteiger partial charge in [-0.05, 0) is 52.1 Å². The zero-order chi connectivity index (χ0) is 33.1. The van der Waals surface area contributed by atoms with Crippen LogP contribution < -0.4 is 14.5 Å². The average Bonchev–Trinajstić information content (AvgIpc) is 3.67. The molecule has 4 heterocycles. The summed E-state index contributed by atoms with van der Waals surface area (Å²) in [6.45, 7) is 8.75. The minimum Gasteiger partial charge on any atom is -0.509 e. The maximum absolute atomic E-state index is 6.50. The maximum atomic E-state index is 6.50. The number of hydrogen-bond donors (Lipinski definition) is 0. The first-order chi connectivity index (χ1) is 23.9. The summed E-state index contributed by atoms with van der Waals surface area (Å²) in [6.07, 6.45) is 5.62. The van der Waals surface area contributed by atoms with E-state index >= 15 is 0 Å². The number of fused-ring (bicyclic) bond motifs is 5. The van der Waals surface area contributed by atoms with Crippen molar-refractivity contribution in [3.05, 3.63) is 158 Å². The van der Waals surface area contributed by atoms with Crippen molar-refractivity contribution >= 4 is 55.3 Å². The van der Waals surface area contributed by atoms with Crippen LogP contribution in [0.3, 0.4) is 0 Å². The molecule has 7 heteroatoms. The largest absolute Gasteiger partial charge is 0.509 e. The molecule has 3 aromatic heterocycles. The summed E-state index contributed by atoms with van der Waals surface area (Å²) < 4.78 is 8.68. The van der Waals surface area contributed by atoms with Crippen molar-refractivity contribution in [1.29, 1.82) is 0 Å². The van der Waals surface area contributed by atoms with Crippen LogP contribution in [0.25, 0.3) is 38.4 Å². The zero-order valence-electron chi connectivity index (χ0n) is 27.7. The molecule has 0 fully saturated rings. The SMILES string of the molecule is CC(C)(C)c1ccnc(-n2c3[c-]c(Oc4[c-]c(N5[CH-]N(c6cccc7ccccc67)c6cnccc65)ccc4)ccc3c3ccccc32)c1.[Pt]. The second kappa shape index (κ2) is 12.5. The van der Waals surface area contributed by atoms with E-state index < -0.39 is 0 Å². The number of rotatable bonds is 5. The van der Waals surface area contributed by atoms with Gasteiger partial charge in [0.1, 0.15) is 5.82 Å². The fraction of sp³-hybridized carbons (Fsp3) is 0.0930. The van der Waals surface area contributed by atoms with E-state index in [0.717, 1.165) is 50.4 Å². The molecule has 0 aliphatic carbocycles. The van der Waals surface area contributed by atoms with Gasteiger partial charge < -0.3 is 19.1 Å². The van der Waals surface area contributed by atoms with E-state index in [1.165, 1.54) is 16.3 Å². The third-order valence-electron chi connectivity index (χ3n) is 9.18. The van der Waals surface area contributed by atoms with Crippen LogP contribution in [0.15, 0.2) is 134 Å². The maximum Gasteiger partial charge on any atom is 0.135 e. The molecule has 1 aliphatic heterocycles. The Morgan fingerprint density at radius 1 is 0.660 bits per heavy atom. The van der Waals surface area contributed by atoms with Crippen LogP contribution in [0.4, 0.5) is 22.7 Å². The van der Waals surface area contributed by atoms with Crippen LogP contribution in [-0.4, -0.2) is 14.5 Å². The Bertz CT molecular complexity index is 2530. The molecule has 0 unspecified atom stereocenters. The molecular weight excluding hydrogens is 798 g/mol. The van der Waals surface area contributed by atoms with Gasteiger partial charge >= 0.3 is 0 Å². The molecule has 0 amide bonds. The molecule has 0 saturated heterocycles. The van der Waals surface area contributed by atoms with Crippen LogP contribution in [0.1, 0.15) is 26.3 Å². The van der Waals surface area contributed by atoms with Gasteiger partial charge in [-0.2, -0.15) is 12.1 Å². The molecule has 0 saturated carbocycles. The zero-order valence-corrected chi connectivity index (χ0v) is 30.0. The van der Waals surface area contributed by atoms with Gasteiger partial charge in [0, 0.05) is 67.2 Å². The van der Waals surface area contributed by atoms with Crippen LogP contribution in [0.2, 0.25) is 0 Å². The van der Waals surface area contributed by atoms with E-state index in [-0.39, 0.29) is 26.5 Å². The summed E-state index contributed by atoms with van der Waals surface area (Å²) in [7, 11) is 0. The summed E-state index contributed by atoms with van der Waals surface area (Å²) in [5.41, 5.74) is 7.14. The van der Waals surface area contributed by atoms with Crippen molar-refractivity contribution in [1.82, 2.24) is 14.5 Å². The Morgan fingerprint density at radius 3 is 2.32 bits per heavy atom. The van der Waals surface area contributed by atoms with Crippen molar-refractivity contribution in [2.24, 2.45) is 0 Å². The third-order valence-corrected chi connectivity index (χ3v) is 9.18. The van der Waals surface area contributed by atoms with Crippen molar-refractivity contribution in [2.45, 2.75) is 26.2 Å². The summed E-state index contributed by atoms with van der Waals surface area (Å²) in [5.74, 6) is 2.05. The molecule has 8 aromatic rings. The monoisotopic (exact) mass is 829 g/mol. The molecule has 0 spiro atoms. The van der Waals surface area contributed by atoms with Crippen molar-refractivity contribution in [3.63, 3.8) is 0 Å². The first-order valence-electron chi connectivity index (χ1n) is 16.4. The average molecular weight is 830 g/mol. The summed E-state index contributed by atoms with van der Waals surface area (Å²) in [4.78, 5) is 13.6. The van der Waals surface area contributed by atoms with Crippen LogP contribution in [-0.2, 0) is 26.5 Å². The topological polar surface area (TPSA) is 46.4 Å². The normalized spacial score (nSPS) is 12.8. The number of hydrogen-bond acceptors (Lipinski definition) is 5. The number of ether oxygens (including phenoxy) is 1. The van der Waals surface area contributed by atoms with Gasteiger partial charge in [0.2, 0.25) is 0 Å². The fourth-order valence-corrected chi connectivity index (χ4v) is 6.74. The second-order valence-corrected chi connectivity index (χ2v) is 13.3. The Hall–Kier alpha value is -5.45. The molecule has 0 atom stereocenters. The molecular formula is C43H32N5OPt-3. The van der Waals surface area contributed by atoms with E-state index in [9.17, 15) is 0 Å². The van der Waals surface area contributed by atoms with Gasteiger partial charge in [-0.15, -0.1) is 48.1 Å². The van der Waals surface area contributed by atoms with Gasteiger partial charge in [-0.25, -0.2) is 4.98 Å². The van der Waals surface area contributed by atoms with Gasteiger partial charge in [-0.1, -0.05) is 80.9 Å². The molecule has 1 aliphatic rings. The fourth-order valence-electron chi connectivity index (χ4n) is 6.74. The summed E-state index contributed by atoms with van der Waals surface area (Å²) in [5, 5.41) is 4.59. The third kappa shape index (κ3) is 5.41. The number of anilines is 4. The molecule has 5 aromatic carbocycles. The van der Waals surface area contributed by atoms with Gasteiger partial charge in [0.15, 0.2) is 0 Å². The van der Waals surface area contributed by atoms with Crippen molar-refractivity contribution in [2.75, 3.05) is 9.80 Å². The quantitative estimate of drug-likeness (QED) is 0.162. The van der Waals surface area contributed by atoms with Gasteiger partial charge in [-0.3, -0.25) is 4.98 Å². The smallest absolute Gasteiger partial charge is 0.135 e. The molecule has 9 rings (SSSR count). The Morgan fingerprint density at radius 2 is 1.44 bits per heavy atom. The minimum absolute atomic E-state index is 0. The van der Waals surface area contributed by atoms with Crippen LogP contribution in [0, 0.1) is 18.8 Å². The standard InChI is InChI=1S/C43H32N5O.Pt/c1-43(2,3)30-20-23-45-42(24-30)48-38-16-7-6-15-35(38)36-19-18-33(26-40(36)48)49-32-13-9-12-31(25-32)46-28-47(41-27-44-22-21-39(41)46)37-17-8-11-29-10-4-5-14-34(29)37;/h4-24,27-28H,1-3H3;/q-3;. The van der Waals surface area contributed by atoms with Gasteiger partial charge in [0.05, 0.1) is 11.9 Å². The molecule has 0 bridgehead atoms. The van der Waals surface area contributed by atoms with E-state index in [1.807, 2.05) is 48.9 Å². The molecule has 248 valence electrons.